The van der Waals surface area contributed by atoms with E-state index in [-0.39, 0.29) is 31.3 Å². The van der Waals surface area contributed by atoms with Gasteiger partial charge in [-0.1, -0.05) is 47.2 Å². The molecule has 0 radical (unpaired) electrons. The lowest BCUT2D eigenvalue weighted by molar-refractivity contribution is -0.127. The van der Waals surface area contributed by atoms with Gasteiger partial charge in [-0.15, -0.1) is 5.10 Å². The molecule has 2 atom stereocenters. The Morgan fingerprint density at radius 1 is 1.08 bits per heavy atom. The first-order valence-corrected chi connectivity index (χ1v) is 13.0. The zero-order valence-electron chi connectivity index (χ0n) is 21.6. The third-order valence-electron chi connectivity index (χ3n) is 7.04. The lowest BCUT2D eigenvalue weighted by atomic mass is 10.0. The topological polar surface area (TPSA) is 108 Å². The fourth-order valence-corrected chi connectivity index (χ4v) is 4.99. The Labute approximate surface area is 225 Å². The van der Waals surface area contributed by atoms with Crippen molar-refractivity contribution in [1.82, 2.24) is 20.3 Å². The van der Waals surface area contributed by atoms with Crippen LogP contribution in [0.25, 0.3) is 11.0 Å². The Morgan fingerprint density at radius 3 is 2.72 bits per heavy atom. The summed E-state index contributed by atoms with van der Waals surface area (Å²) in [6, 6.07) is 19.4. The number of benzene rings is 3. The monoisotopic (exact) mass is 527 g/mol. The first kappa shape index (κ1) is 24.9. The fourth-order valence-electron chi connectivity index (χ4n) is 4.99. The maximum atomic E-state index is 14.2. The van der Waals surface area contributed by atoms with Crippen LogP contribution in [-0.2, 0) is 20.9 Å². The van der Waals surface area contributed by atoms with Crippen molar-refractivity contribution in [2.45, 2.75) is 38.5 Å². The van der Waals surface area contributed by atoms with Gasteiger partial charge in [0.05, 0.1) is 11.6 Å². The molecule has 1 aromatic heterocycles. The van der Waals surface area contributed by atoms with E-state index in [1.54, 1.807) is 22.9 Å². The van der Waals surface area contributed by atoms with E-state index in [0.717, 1.165) is 23.9 Å². The molecule has 0 aliphatic carbocycles. The number of carbonyl (C=O) groups is 2. The van der Waals surface area contributed by atoms with E-state index in [4.69, 9.17) is 14.2 Å². The molecule has 0 saturated carbocycles. The summed E-state index contributed by atoms with van der Waals surface area (Å²) in [6.45, 7) is 3.03. The van der Waals surface area contributed by atoms with E-state index in [2.05, 4.69) is 15.6 Å². The van der Waals surface area contributed by atoms with Crippen LogP contribution in [-0.4, -0.2) is 52.9 Å². The average molecular weight is 528 g/mol. The number of nitrogens with zero attached hydrogens (tertiary/aromatic N) is 4. The second kappa shape index (κ2) is 10.7. The third-order valence-corrected chi connectivity index (χ3v) is 7.04. The van der Waals surface area contributed by atoms with Gasteiger partial charge in [0.15, 0.2) is 11.5 Å². The number of para-hydroxylation sites is 1. The van der Waals surface area contributed by atoms with E-state index >= 15 is 0 Å². The van der Waals surface area contributed by atoms with Crippen LogP contribution in [0.15, 0.2) is 66.7 Å². The normalized spacial score (nSPS) is 16.8. The molecule has 4 aromatic rings. The van der Waals surface area contributed by atoms with Gasteiger partial charge in [0, 0.05) is 24.9 Å². The molecule has 39 heavy (non-hydrogen) atoms. The number of hydrogen-bond acceptors (Lipinski definition) is 7. The number of aromatic nitrogens is 3. The van der Waals surface area contributed by atoms with Crippen molar-refractivity contribution in [2.75, 3.05) is 24.8 Å². The second-order valence-electron chi connectivity index (χ2n) is 9.73. The van der Waals surface area contributed by atoms with Crippen molar-refractivity contribution in [3.8, 4) is 11.5 Å². The number of fused-ring (bicyclic) bond motifs is 2. The Bertz CT molecular complexity index is 1500. The van der Waals surface area contributed by atoms with Gasteiger partial charge < -0.3 is 19.5 Å². The Morgan fingerprint density at radius 2 is 1.90 bits per heavy atom. The smallest absolute Gasteiger partial charge is 0.249 e. The molecule has 6 rings (SSSR count). The molecule has 3 heterocycles. The van der Waals surface area contributed by atoms with Gasteiger partial charge in [-0.25, -0.2) is 4.68 Å². The molecule has 3 aromatic carbocycles. The summed E-state index contributed by atoms with van der Waals surface area (Å²) < 4.78 is 18.4. The van der Waals surface area contributed by atoms with Crippen LogP contribution in [0, 0.1) is 6.92 Å². The number of ether oxygens (including phenoxy) is 3. The van der Waals surface area contributed by atoms with E-state index < -0.39 is 6.04 Å². The van der Waals surface area contributed by atoms with Crippen molar-refractivity contribution in [3.63, 3.8) is 0 Å². The molecule has 0 bridgehead atoms. The molecule has 1 fully saturated rings. The second-order valence-corrected chi connectivity index (χ2v) is 9.73. The van der Waals surface area contributed by atoms with Crippen LogP contribution in [0.2, 0.25) is 0 Å². The molecule has 200 valence electrons. The molecular weight excluding hydrogens is 498 g/mol. The van der Waals surface area contributed by atoms with E-state index in [1.165, 1.54) is 4.90 Å². The highest BCUT2D eigenvalue weighted by Gasteiger charge is 2.34. The molecule has 2 aliphatic rings. The lowest BCUT2D eigenvalue weighted by Crippen LogP contribution is -2.46. The van der Waals surface area contributed by atoms with Gasteiger partial charge in [0.25, 0.3) is 0 Å². The molecule has 10 heteroatoms. The van der Waals surface area contributed by atoms with Crippen LogP contribution in [0.5, 0.6) is 11.5 Å². The van der Waals surface area contributed by atoms with Crippen LogP contribution in [0.1, 0.15) is 30.0 Å². The van der Waals surface area contributed by atoms with Gasteiger partial charge in [0.2, 0.25) is 18.6 Å². The summed E-state index contributed by atoms with van der Waals surface area (Å²) in [7, 11) is 0. The molecule has 0 unspecified atom stereocenters. The Kier molecular flexibility index (Phi) is 6.85. The van der Waals surface area contributed by atoms with Crippen LogP contribution >= 0.6 is 0 Å². The van der Waals surface area contributed by atoms with Crippen LogP contribution < -0.4 is 19.7 Å². The predicted octanol–water partition coefficient (Wildman–Crippen LogP) is 3.54. The number of carbonyl (C=O) groups excluding carboxylic acids is 2. The molecule has 1 N–H and O–H groups in total. The molecule has 0 spiro atoms. The quantitative estimate of drug-likeness (QED) is 0.373. The highest BCUT2D eigenvalue weighted by Crippen LogP contribution is 2.38. The van der Waals surface area contributed by atoms with Crippen LogP contribution in [0.4, 0.5) is 5.69 Å². The summed E-state index contributed by atoms with van der Waals surface area (Å²) in [4.78, 5) is 29.6. The van der Waals surface area contributed by atoms with Gasteiger partial charge in [-0.2, -0.15) is 0 Å². The maximum Gasteiger partial charge on any atom is 0.249 e. The third kappa shape index (κ3) is 5.15. The lowest BCUT2D eigenvalue weighted by Gasteiger charge is -2.32. The van der Waals surface area contributed by atoms with Gasteiger partial charge in [0.1, 0.15) is 18.1 Å². The largest absolute Gasteiger partial charge is 0.454 e. The van der Waals surface area contributed by atoms with Crippen LogP contribution in [0.3, 0.4) is 0 Å². The molecular formula is C29H29N5O5. The molecule has 10 nitrogen and oxygen atoms in total. The zero-order chi connectivity index (χ0) is 26.8. The zero-order valence-corrected chi connectivity index (χ0v) is 21.6. The summed E-state index contributed by atoms with van der Waals surface area (Å²) >= 11 is 0. The summed E-state index contributed by atoms with van der Waals surface area (Å²) in [6.07, 6.45) is 1.82. The molecule has 1 saturated heterocycles. The number of amides is 2. The summed E-state index contributed by atoms with van der Waals surface area (Å²) in [5, 5.41) is 11.4. The summed E-state index contributed by atoms with van der Waals surface area (Å²) in [5.74, 6) is 0.466. The standard InChI is InChI=1S/C29H29N5O5/c1-19-8-10-20(11-9-19)28(29(36)30-16-22-5-4-14-37-22)34(21-12-13-25-26(15-21)39-18-38-25)27(35)17-33-24-7-3-2-6-23(24)31-32-33/h2-3,6-13,15,22,28H,4-5,14,16-18H2,1H3,(H,30,36)/t22-,28-/m0/s1. The summed E-state index contributed by atoms with van der Waals surface area (Å²) in [5.41, 5.74) is 3.65. The van der Waals surface area contributed by atoms with E-state index in [0.29, 0.717) is 41.4 Å². The highest BCUT2D eigenvalue weighted by atomic mass is 16.7. The number of hydrogen-bond donors (Lipinski definition) is 1. The van der Waals surface area contributed by atoms with Crippen molar-refractivity contribution in [1.29, 1.82) is 0 Å². The molecule has 2 amide bonds. The Balaban J connectivity index is 1.40. The molecule has 2 aliphatic heterocycles. The SMILES string of the molecule is Cc1ccc([C@@H](C(=O)NC[C@@H]2CCCO2)N(C(=O)Cn2nnc3ccccc32)c2ccc3c(c2)OCO3)cc1. The minimum atomic E-state index is -0.949. The fraction of sp³-hybridized carbons (Fsp3) is 0.310. The van der Waals surface area contributed by atoms with E-state index in [9.17, 15) is 9.59 Å². The van der Waals surface area contributed by atoms with Crippen molar-refractivity contribution in [3.05, 3.63) is 77.9 Å². The average Bonchev–Trinajstić information content (AvgIpc) is 3.72. The predicted molar refractivity (Wildman–Crippen MR) is 143 cm³/mol. The number of rotatable bonds is 8. The number of nitrogens with one attached hydrogen (secondary N) is 1. The Hall–Kier alpha value is -4.44. The first-order chi connectivity index (χ1) is 19.1. The van der Waals surface area contributed by atoms with Gasteiger partial charge >= 0.3 is 0 Å². The highest BCUT2D eigenvalue weighted by molar-refractivity contribution is 6.01. The number of aryl methyl sites for hydroxylation is 1. The maximum absolute atomic E-state index is 14.2. The number of anilines is 1. The van der Waals surface area contributed by atoms with Crippen molar-refractivity contribution >= 4 is 28.5 Å². The van der Waals surface area contributed by atoms with Gasteiger partial charge in [-0.05, 0) is 49.6 Å². The minimum absolute atomic E-state index is 0.0381. The van der Waals surface area contributed by atoms with Crippen molar-refractivity contribution < 1.29 is 23.8 Å². The van der Waals surface area contributed by atoms with E-state index in [1.807, 2.05) is 55.5 Å². The minimum Gasteiger partial charge on any atom is -0.454 e. The van der Waals surface area contributed by atoms with Gasteiger partial charge in [-0.3, -0.25) is 14.5 Å². The van der Waals surface area contributed by atoms with Crippen molar-refractivity contribution in [2.24, 2.45) is 0 Å². The first-order valence-electron chi connectivity index (χ1n) is 13.0.